The number of likely N-dealkylation sites (N-methyl/N-ethyl adjacent to an activating group) is 1. The van der Waals surface area contributed by atoms with Crippen LogP contribution in [0.15, 0.2) is 23.1 Å². The number of aliphatic hydroxyl groups excluding tert-OH is 2. The van der Waals surface area contributed by atoms with Crippen LogP contribution in [-0.4, -0.2) is 192 Å². The lowest BCUT2D eigenvalue weighted by Crippen LogP contribution is -2.61. The van der Waals surface area contributed by atoms with E-state index >= 15 is 4.39 Å². The first-order chi connectivity index (χ1) is 37.0. The molecule has 18 atom stereocenters. The number of hydrogen-bond donors (Lipinski definition) is 7. The van der Waals surface area contributed by atoms with E-state index in [1.807, 2.05) is 32.8 Å². The van der Waals surface area contributed by atoms with Crippen LogP contribution >= 0.6 is 0 Å². The minimum Gasteiger partial charge on any atom is -0.477 e. The molecule has 4 heterocycles. The second kappa shape index (κ2) is 26.2. The van der Waals surface area contributed by atoms with Gasteiger partial charge in [0.05, 0.1) is 65.6 Å². The van der Waals surface area contributed by atoms with Gasteiger partial charge in [0.25, 0.3) is 0 Å². The number of anilines is 1. The molecule has 3 saturated heterocycles. The largest absolute Gasteiger partial charge is 0.477 e. The Balaban J connectivity index is 1.19. The first-order valence-corrected chi connectivity index (χ1v) is 27.8. The smallest absolute Gasteiger partial charge is 0.341 e. The Labute approximate surface area is 462 Å². The number of pyridine rings is 1. The minimum absolute atomic E-state index is 0.00250. The average molecular weight is 1120 g/mol. The van der Waals surface area contributed by atoms with Gasteiger partial charge in [-0.15, -0.1) is 0 Å². The van der Waals surface area contributed by atoms with Crippen LogP contribution in [0.4, 0.5) is 10.1 Å². The second-order valence-electron chi connectivity index (χ2n) is 23.3. The van der Waals surface area contributed by atoms with Crippen LogP contribution in [0.25, 0.3) is 10.9 Å². The zero-order valence-electron chi connectivity index (χ0n) is 48.4. The molecule has 1 saturated carbocycles. The maximum atomic E-state index is 15.3. The van der Waals surface area contributed by atoms with Gasteiger partial charge in [-0.25, -0.2) is 9.18 Å². The van der Waals surface area contributed by atoms with E-state index in [-0.39, 0.29) is 68.0 Å². The highest BCUT2D eigenvalue weighted by molar-refractivity contribution is 5.93. The molecule has 4 fully saturated rings. The summed E-state index contributed by atoms with van der Waals surface area (Å²) in [7, 11) is 6.69. The standard InChI is InChI=1S/C56H88FN5O17/c1-15-41-56(10,71)47(66)32(6)50(67)60-28(2)25-54(8,72-13)48(79-53-45(65)40(61(11)12)22-29(3)74-53)30(4)46(31(5)52(70)76-41)78-43-26-55(9,73-14)49(33(7)75-43)77-42(63)18-19-58-20-21-59-38-24-39-35(23-37(38)57)44(64)36(51(68)69)27-62(39)34-16-17-34/h23-24,27-34,40-41,43,45-49,53,58-59,65-66,71H,15-22,25-26H2,1-14H3,(H,60,67)(H,68,69)/t28-,29+,30+,31-,32-,33-,40-,41-,43-,45+,46+,47-,48-,49-,53+,54-,55+,56-/m1/s1. The molecule has 1 aromatic carbocycles. The quantitative estimate of drug-likeness (QED) is 0.0824. The van der Waals surface area contributed by atoms with Gasteiger partial charge in [-0.3, -0.25) is 19.2 Å². The van der Waals surface area contributed by atoms with Crippen molar-refractivity contribution in [3.8, 4) is 0 Å². The fourth-order valence-corrected chi connectivity index (χ4v) is 11.8. The molecule has 23 heteroatoms. The number of carboxylic acids is 1. The van der Waals surface area contributed by atoms with Crippen molar-refractivity contribution in [1.29, 1.82) is 0 Å². The average Bonchev–Trinajstić information content (AvgIpc) is 4.38. The molecule has 0 spiro atoms. The van der Waals surface area contributed by atoms with E-state index in [0.717, 1.165) is 18.9 Å². The Morgan fingerprint density at radius 2 is 1.57 bits per heavy atom. The SMILES string of the molecule is CC[C@H]1OC(=O)[C@H](C)[C@@H](O[C@@H]2C[C@](C)(OC)[C@H](OC(=O)CCNCCNc3cc4c(cc3F)c(=O)c(C(=O)O)cn4C3CC3)[C@@H](C)O2)[C@H](C)[C@@H](O[C@@H]2O[C@@H](C)C[C@@H](N(C)C)[C@@H]2O)[C@](C)(OC)C[C@@H](C)NC(=O)[C@H](C)[C@@H](O)[C@]1(C)O. The number of nitrogens with zero attached hydrogens (tertiary/aromatic N) is 2. The zero-order chi connectivity index (χ0) is 58.6. The summed E-state index contributed by atoms with van der Waals surface area (Å²) >= 11 is 0. The predicted molar refractivity (Wildman–Crippen MR) is 288 cm³/mol. The van der Waals surface area contributed by atoms with Crippen molar-refractivity contribution in [1.82, 2.24) is 20.1 Å². The molecular weight excluding hydrogens is 1030 g/mol. The molecule has 0 radical (unpaired) electrons. The molecule has 7 N–H and O–H groups in total. The fraction of sp³-hybridized carbons (Fsp3) is 0.768. The van der Waals surface area contributed by atoms with Crippen LogP contribution in [0, 0.1) is 23.6 Å². The van der Waals surface area contributed by atoms with E-state index in [1.165, 1.54) is 40.3 Å². The van der Waals surface area contributed by atoms with Crippen molar-refractivity contribution in [2.24, 2.45) is 17.8 Å². The number of hydrogen-bond acceptors (Lipinski definition) is 19. The topological polar surface area (TPSA) is 284 Å². The maximum Gasteiger partial charge on any atom is 0.341 e. The number of benzene rings is 1. The van der Waals surface area contributed by atoms with Crippen LogP contribution in [0.3, 0.4) is 0 Å². The summed E-state index contributed by atoms with van der Waals surface area (Å²) < 4.78 is 68.3. The third kappa shape index (κ3) is 14.4. The van der Waals surface area contributed by atoms with Gasteiger partial charge in [-0.2, -0.15) is 0 Å². The number of cyclic esters (lactones) is 1. The molecule has 1 amide bonds. The van der Waals surface area contributed by atoms with Crippen LogP contribution in [0.2, 0.25) is 0 Å². The molecular formula is C56H88FN5O17. The number of ether oxygens (including phenoxy) is 8. The third-order valence-corrected chi connectivity index (χ3v) is 16.8. The summed E-state index contributed by atoms with van der Waals surface area (Å²) in [5, 5.41) is 53.9. The fourth-order valence-electron chi connectivity index (χ4n) is 11.8. The molecule has 4 aliphatic rings. The number of aromatic nitrogens is 1. The van der Waals surface area contributed by atoms with Crippen molar-refractivity contribution >= 4 is 40.4 Å². The van der Waals surface area contributed by atoms with E-state index in [1.54, 1.807) is 46.1 Å². The van der Waals surface area contributed by atoms with E-state index in [0.29, 0.717) is 18.5 Å². The molecule has 0 bridgehead atoms. The molecule has 22 nitrogen and oxygen atoms in total. The number of nitrogens with one attached hydrogen (secondary N) is 3. The van der Waals surface area contributed by atoms with Gasteiger partial charge in [0.15, 0.2) is 18.7 Å². The maximum absolute atomic E-state index is 15.3. The Hall–Kier alpha value is -4.40. The molecule has 79 heavy (non-hydrogen) atoms. The summed E-state index contributed by atoms with van der Waals surface area (Å²) in [5.74, 6) is -7.08. The van der Waals surface area contributed by atoms with E-state index in [2.05, 4.69) is 16.0 Å². The number of halogens is 1. The molecule has 446 valence electrons. The van der Waals surface area contributed by atoms with Crippen molar-refractivity contribution in [2.45, 2.75) is 211 Å². The number of carbonyl (C=O) groups is 4. The Kier molecular flexibility index (Phi) is 21.2. The number of aliphatic hydroxyl groups is 3. The zero-order valence-corrected chi connectivity index (χ0v) is 48.4. The monoisotopic (exact) mass is 1120 g/mol. The summed E-state index contributed by atoms with van der Waals surface area (Å²) in [6.07, 6.45) is -6.97. The van der Waals surface area contributed by atoms with E-state index in [9.17, 15) is 44.4 Å². The van der Waals surface area contributed by atoms with Gasteiger partial charge >= 0.3 is 17.9 Å². The summed E-state index contributed by atoms with van der Waals surface area (Å²) in [5.41, 5.74) is -5.16. The number of fused-ring (bicyclic) bond motifs is 1. The lowest BCUT2D eigenvalue weighted by molar-refractivity contribution is -0.320. The summed E-state index contributed by atoms with van der Waals surface area (Å²) in [6, 6.07) is 1.64. The summed E-state index contributed by atoms with van der Waals surface area (Å²) in [4.78, 5) is 68.4. The van der Waals surface area contributed by atoms with Crippen LogP contribution in [-0.2, 0) is 52.3 Å². The second-order valence-corrected chi connectivity index (χ2v) is 23.3. The van der Waals surface area contributed by atoms with Gasteiger partial charge in [0.1, 0.15) is 34.8 Å². The number of rotatable bonds is 18. The minimum atomic E-state index is -2.07. The number of amides is 1. The molecule has 0 unspecified atom stereocenters. The van der Waals surface area contributed by atoms with E-state index < -0.39 is 137 Å². The molecule has 1 aliphatic carbocycles. The molecule has 2 aromatic rings. The third-order valence-electron chi connectivity index (χ3n) is 16.8. The number of carboxylic acid groups (broad SMARTS) is 1. The van der Waals surface area contributed by atoms with Gasteiger partial charge in [-0.05, 0) is 107 Å². The highest BCUT2D eigenvalue weighted by Gasteiger charge is 2.54. The van der Waals surface area contributed by atoms with Crippen LogP contribution < -0.4 is 21.4 Å². The van der Waals surface area contributed by atoms with Crippen LogP contribution in [0.1, 0.15) is 131 Å². The number of esters is 2. The number of carbonyl (C=O) groups excluding carboxylic acids is 3. The van der Waals surface area contributed by atoms with Crippen molar-refractivity contribution < 1.29 is 81.9 Å². The van der Waals surface area contributed by atoms with Crippen molar-refractivity contribution in [3.05, 3.63) is 39.9 Å². The number of methoxy groups -OCH3 is 2. The van der Waals surface area contributed by atoms with Gasteiger partial charge in [0, 0.05) is 75.9 Å². The van der Waals surface area contributed by atoms with Crippen LogP contribution in [0.5, 0.6) is 0 Å². The molecule has 3 aliphatic heterocycles. The summed E-state index contributed by atoms with van der Waals surface area (Å²) in [6.45, 7) is 17.6. The number of aromatic carboxylic acids is 1. The Morgan fingerprint density at radius 3 is 2.18 bits per heavy atom. The molecule has 1 aromatic heterocycles. The highest BCUT2D eigenvalue weighted by Crippen LogP contribution is 2.42. The van der Waals surface area contributed by atoms with Crippen molar-refractivity contribution in [3.63, 3.8) is 0 Å². The van der Waals surface area contributed by atoms with Gasteiger partial charge in [0.2, 0.25) is 11.3 Å². The van der Waals surface area contributed by atoms with Gasteiger partial charge < -0.3 is 83.7 Å². The lowest BCUT2D eigenvalue weighted by Gasteiger charge is -2.50. The lowest BCUT2D eigenvalue weighted by atomic mass is 9.78. The first-order valence-electron chi connectivity index (χ1n) is 27.8. The Bertz CT molecular complexity index is 2510. The van der Waals surface area contributed by atoms with Crippen molar-refractivity contribution in [2.75, 3.05) is 53.3 Å². The normalized spacial score (nSPS) is 37.2. The Morgan fingerprint density at radius 1 is 0.911 bits per heavy atom. The first kappa shape index (κ1) is 63.8. The predicted octanol–water partition coefficient (Wildman–Crippen LogP) is 3.87. The van der Waals surface area contributed by atoms with E-state index in [4.69, 9.17) is 37.9 Å². The molecule has 6 rings (SSSR count). The van der Waals surface area contributed by atoms with Gasteiger partial charge in [-0.1, -0.05) is 20.8 Å². The highest BCUT2D eigenvalue weighted by atomic mass is 19.1.